The standard InChI is InChI=1S/C11H10F2N4O2/c1-14-5-7-10(16-17-15-7)6-2-3-9(8(18)4-6)19-11(12)13/h2-5,11,18H,1H3,(H,15,16,17)/b14-5+. The Balaban J connectivity index is 2.36. The number of ether oxygens (including phenoxy) is 1. The average Bonchev–Trinajstić information content (AvgIpc) is 2.80. The quantitative estimate of drug-likeness (QED) is 0.828. The second-order valence-corrected chi connectivity index (χ2v) is 3.52. The average molecular weight is 268 g/mol. The third-order valence-corrected chi connectivity index (χ3v) is 2.28. The molecule has 100 valence electrons. The molecule has 1 aromatic heterocycles. The molecular formula is C11H10F2N4O2. The summed E-state index contributed by atoms with van der Waals surface area (Å²) in [5.74, 6) is -0.701. The lowest BCUT2D eigenvalue weighted by Gasteiger charge is -2.07. The van der Waals surface area contributed by atoms with Crippen LogP contribution in [0.1, 0.15) is 5.69 Å². The molecular weight excluding hydrogens is 258 g/mol. The number of H-pyrrole nitrogens is 1. The minimum atomic E-state index is -2.99. The Morgan fingerprint density at radius 2 is 2.26 bits per heavy atom. The first-order chi connectivity index (χ1) is 9.11. The van der Waals surface area contributed by atoms with Crippen molar-refractivity contribution in [1.29, 1.82) is 0 Å². The first-order valence-corrected chi connectivity index (χ1v) is 5.23. The van der Waals surface area contributed by atoms with Crippen LogP contribution in [0.15, 0.2) is 23.2 Å². The van der Waals surface area contributed by atoms with E-state index in [0.717, 1.165) is 0 Å². The summed E-state index contributed by atoms with van der Waals surface area (Å²) in [5, 5.41) is 19.7. The Hall–Kier alpha value is -2.51. The number of nitrogens with one attached hydrogen (secondary N) is 1. The highest BCUT2D eigenvalue weighted by Crippen LogP contribution is 2.32. The lowest BCUT2D eigenvalue weighted by molar-refractivity contribution is -0.0512. The van der Waals surface area contributed by atoms with Gasteiger partial charge in [0.05, 0.1) is 0 Å². The molecule has 0 fully saturated rings. The summed E-state index contributed by atoms with van der Waals surface area (Å²) in [6.07, 6.45) is 1.51. The van der Waals surface area contributed by atoms with Gasteiger partial charge in [-0.15, -0.1) is 5.10 Å². The second-order valence-electron chi connectivity index (χ2n) is 3.52. The number of phenols is 1. The molecule has 1 aromatic carbocycles. The summed E-state index contributed by atoms with van der Waals surface area (Å²) in [7, 11) is 1.58. The third-order valence-electron chi connectivity index (χ3n) is 2.28. The molecule has 2 aromatic rings. The van der Waals surface area contributed by atoms with Gasteiger partial charge in [0.1, 0.15) is 11.4 Å². The van der Waals surface area contributed by atoms with E-state index in [4.69, 9.17) is 0 Å². The van der Waals surface area contributed by atoms with Gasteiger partial charge < -0.3 is 9.84 Å². The minimum absolute atomic E-state index is 0.298. The maximum absolute atomic E-state index is 12.1. The van der Waals surface area contributed by atoms with Gasteiger partial charge in [-0.25, -0.2) is 0 Å². The van der Waals surface area contributed by atoms with E-state index in [2.05, 4.69) is 25.1 Å². The molecule has 0 aliphatic heterocycles. The van der Waals surface area contributed by atoms with Gasteiger partial charge in [0.2, 0.25) is 0 Å². The number of halogens is 2. The van der Waals surface area contributed by atoms with Crippen LogP contribution < -0.4 is 4.74 Å². The number of nitrogens with zero attached hydrogens (tertiary/aromatic N) is 3. The van der Waals surface area contributed by atoms with E-state index in [0.29, 0.717) is 17.0 Å². The zero-order chi connectivity index (χ0) is 13.8. The van der Waals surface area contributed by atoms with Crippen molar-refractivity contribution < 1.29 is 18.6 Å². The van der Waals surface area contributed by atoms with E-state index < -0.39 is 12.4 Å². The van der Waals surface area contributed by atoms with Gasteiger partial charge in [-0.2, -0.15) is 8.78 Å². The van der Waals surface area contributed by atoms with Crippen LogP contribution in [0.4, 0.5) is 8.78 Å². The van der Waals surface area contributed by atoms with E-state index >= 15 is 0 Å². The van der Waals surface area contributed by atoms with Crippen molar-refractivity contribution in [1.82, 2.24) is 15.4 Å². The van der Waals surface area contributed by atoms with Crippen molar-refractivity contribution >= 4 is 6.21 Å². The monoisotopic (exact) mass is 268 g/mol. The molecule has 0 unspecified atom stereocenters. The van der Waals surface area contributed by atoms with E-state index in [1.54, 1.807) is 7.05 Å². The molecule has 0 radical (unpaired) electrons. The van der Waals surface area contributed by atoms with Gasteiger partial charge >= 0.3 is 6.61 Å². The van der Waals surface area contributed by atoms with E-state index in [-0.39, 0.29) is 5.75 Å². The Morgan fingerprint density at radius 1 is 1.47 bits per heavy atom. The highest BCUT2D eigenvalue weighted by atomic mass is 19.3. The van der Waals surface area contributed by atoms with Crippen LogP contribution in [-0.4, -0.2) is 40.4 Å². The van der Waals surface area contributed by atoms with Crippen LogP contribution in [0.5, 0.6) is 11.5 Å². The minimum Gasteiger partial charge on any atom is -0.504 e. The number of phenolic OH excluding ortho intramolecular Hbond substituents is 1. The maximum atomic E-state index is 12.1. The fourth-order valence-electron chi connectivity index (χ4n) is 1.53. The van der Waals surface area contributed by atoms with Crippen molar-refractivity contribution in [3.63, 3.8) is 0 Å². The smallest absolute Gasteiger partial charge is 0.387 e. The Kier molecular flexibility index (Phi) is 3.69. The van der Waals surface area contributed by atoms with Crippen molar-refractivity contribution in [2.75, 3.05) is 7.05 Å². The van der Waals surface area contributed by atoms with Crippen LogP contribution in [0.2, 0.25) is 0 Å². The number of aromatic hydroxyl groups is 1. The summed E-state index contributed by atoms with van der Waals surface area (Å²) in [6, 6.07) is 3.99. The zero-order valence-corrected chi connectivity index (χ0v) is 9.84. The van der Waals surface area contributed by atoms with Gasteiger partial charge in [0.15, 0.2) is 11.5 Å². The van der Waals surface area contributed by atoms with Crippen molar-refractivity contribution in [2.24, 2.45) is 4.99 Å². The number of aromatic nitrogens is 3. The molecule has 0 bridgehead atoms. The molecule has 6 nitrogen and oxygen atoms in total. The molecule has 2 N–H and O–H groups in total. The molecule has 2 rings (SSSR count). The number of aromatic amines is 1. The van der Waals surface area contributed by atoms with Crippen molar-refractivity contribution in [3.05, 3.63) is 23.9 Å². The molecule has 0 spiro atoms. The lowest BCUT2D eigenvalue weighted by atomic mass is 10.1. The summed E-state index contributed by atoms with van der Waals surface area (Å²) in [6.45, 7) is -2.99. The maximum Gasteiger partial charge on any atom is 0.387 e. The van der Waals surface area contributed by atoms with E-state index in [1.807, 2.05) is 0 Å². The summed E-state index contributed by atoms with van der Waals surface area (Å²) >= 11 is 0. The van der Waals surface area contributed by atoms with Crippen LogP contribution >= 0.6 is 0 Å². The summed E-state index contributed by atoms with van der Waals surface area (Å²) < 4.78 is 28.3. The van der Waals surface area contributed by atoms with Gasteiger partial charge in [0, 0.05) is 18.8 Å². The van der Waals surface area contributed by atoms with Crippen LogP contribution in [0.3, 0.4) is 0 Å². The Morgan fingerprint density at radius 3 is 2.89 bits per heavy atom. The SMILES string of the molecule is C/N=C/c1[nH]nnc1-c1ccc(OC(F)F)c(O)c1. The summed E-state index contributed by atoms with van der Waals surface area (Å²) in [5.41, 5.74) is 1.50. The fourth-order valence-corrected chi connectivity index (χ4v) is 1.53. The third kappa shape index (κ3) is 2.84. The Labute approximate surface area is 106 Å². The van der Waals surface area contributed by atoms with Crippen molar-refractivity contribution in [2.45, 2.75) is 6.61 Å². The molecule has 0 saturated heterocycles. The van der Waals surface area contributed by atoms with E-state index in [9.17, 15) is 13.9 Å². The normalized spacial score (nSPS) is 11.4. The summed E-state index contributed by atoms with van der Waals surface area (Å²) in [4.78, 5) is 3.82. The molecule has 0 aliphatic carbocycles. The Bertz CT molecular complexity index is 598. The van der Waals surface area contributed by atoms with Gasteiger partial charge in [0.25, 0.3) is 0 Å². The highest BCUT2D eigenvalue weighted by Gasteiger charge is 2.13. The molecule has 19 heavy (non-hydrogen) atoms. The van der Waals surface area contributed by atoms with Gasteiger partial charge in [-0.3, -0.25) is 10.1 Å². The second kappa shape index (κ2) is 5.42. The first kappa shape index (κ1) is 12.9. The molecule has 0 saturated carbocycles. The fraction of sp³-hybridized carbons (Fsp3) is 0.182. The van der Waals surface area contributed by atoms with Gasteiger partial charge in [-0.05, 0) is 18.2 Å². The van der Waals surface area contributed by atoms with Crippen LogP contribution in [0.25, 0.3) is 11.3 Å². The molecule has 0 atom stereocenters. The number of hydrogen-bond donors (Lipinski definition) is 2. The predicted molar refractivity (Wildman–Crippen MR) is 63.6 cm³/mol. The highest BCUT2D eigenvalue weighted by molar-refractivity contribution is 5.86. The molecule has 0 aliphatic rings. The predicted octanol–water partition coefficient (Wildman–Crippen LogP) is 1.83. The molecule has 0 amide bonds. The van der Waals surface area contributed by atoms with Gasteiger partial charge in [-0.1, -0.05) is 5.21 Å². The first-order valence-electron chi connectivity index (χ1n) is 5.23. The number of rotatable bonds is 4. The lowest BCUT2D eigenvalue weighted by Crippen LogP contribution is -2.02. The zero-order valence-electron chi connectivity index (χ0n) is 9.84. The number of hydrogen-bond acceptors (Lipinski definition) is 5. The number of benzene rings is 1. The topological polar surface area (TPSA) is 83.4 Å². The van der Waals surface area contributed by atoms with E-state index in [1.165, 1.54) is 24.4 Å². The largest absolute Gasteiger partial charge is 0.504 e. The molecule has 1 heterocycles. The molecule has 8 heteroatoms. The van der Waals surface area contributed by atoms with Crippen LogP contribution in [-0.2, 0) is 0 Å². The van der Waals surface area contributed by atoms with Crippen LogP contribution in [0, 0.1) is 0 Å². The van der Waals surface area contributed by atoms with Crippen molar-refractivity contribution in [3.8, 4) is 22.8 Å². The number of aliphatic imine (C=N–C) groups is 1. The number of alkyl halides is 2.